The predicted octanol–water partition coefficient (Wildman–Crippen LogP) is 2.43. The van der Waals surface area contributed by atoms with Crippen LogP contribution < -0.4 is 4.74 Å². The summed E-state index contributed by atoms with van der Waals surface area (Å²) in [5, 5.41) is 9.91. The number of benzene rings is 1. The first kappa shape index (κ1) is 13.4. The van der Waals surface area contributed by atoms with Crippen LogP contribution in [0.2, 0.25) is 0 Å². The number of likely N-dealkylation sites (tertiary alicyclic amines) is 1. The Bertz CT molecular complexity index is 363. The molecule has 0 saturated carbocycles. The van der Waals surface area contributed by atoms with E-state index in [1.165, 1.54) is 5.56 Å². The molecule has 1 aliphatic rings. The van der Waals surface area contributed by atoms with Gasteiger partial charge in [0.15, 0.2) is 0 Å². The van der Waals surface area contributed by atoms with Gasteiger partial charge in [0, 0.05) is 19.6 Å². The van der Waals surface area contributed by atoms with Crippen molar-refractivity contribution >= 4 is 0 Å². The maximum Gasteiger partial charge on any atom is 0.119 e. The second kappa shape index (κ2) is 5.72. The average Bonchev–Trinajstić information content (AvgIpc) is 2.35. The van der Waals surface area contributed by atoms with Gasteiger partial charge >= 0.3 is 0 Å². The van der Waals surface area contributed by atoms with Crippen LogP contribution in [0.15, 0.2) is 24.3 Å². The minimum atomic E-state index is -0.463. The summed E-state index contributed by atoms with van der Waals surface area (Å²) in [4.78, 5) is 2.40. The Kier molecular flexibility index (Phi) is 4.25. The van der Waals surface area contributed by atoms with Crippen LogP contribution in [0.4, 0.5) is 0 Å². The van der Waals surface area contributed by atoms with Gasteiger partial charge in [-0.05, 0) is 44.4 Å². The molecule has 1 aromatic rings. The Balaban J connectivity index is 1.86. The van der Waals surface area contributed by atoms with Crippen molar-refractivity contribution < 1.29 is 9.84 Å². The normalized spacial score (nSPS) is 19.7. The van der Waals surface area contributed by atoms with Gasteiger partial charge in [-0.1, -0.05) is 12.1 Å². The largest absolute Gasteiger partial charge is 0.494 e. The smallest absolute Gasteiger partial charge is 0.119 e. The SMILES string of the molecule is CCOc1ccc(CN2CCC(C)(O)CC2)cc1. The second-order valence-electron chi connectivity index (χ2n) is 5.35. The van der Waals surface area contributed by atoms with Gasteiger partial charge < -0.3 is 9.84 Å². The molecule has 1 heterocycles. The van der Waals surface area contributed by atoms with E-state index in [-0.39, 0.29) is 0 Å². The fourth-order valence-corrected chi connectivity index (χ4v) is 2.31. The Hall–Kier alpha value is -1.06. The van der Waals surface area contributed by atoms with Crippen LogP contribution in [0.5, 0.6) is 5.75 Å². The zero-order valence-electron chi connectivity index (χ0n) is 11.4. The number of hydrogen-bond donors (Lipinski definition) is 1. The van der Waals surface area contributed by atoms with Crippen molar-refractivity contribution in [2.45, 2.75) is 38.8 Å². The molecule has 0 spiro atoms. The molecule has 18 heavy (non-hydrogen) atoms. The number of piperidine rings is 1. The predicted molar refractivity (Wildman–Crippen MR) is 72.7 cm³/mol. The van der Waals surface area contributed by atoms with E-state index in [0.717, 1.165) is 38.2 Å². The van der Waals surface area contributed by atoms with Gasteiger partial charge in [0.25, 0.3) is 0 Å². The molecule has 1 aliphatic heterocycles. The summed E-state index contributed by atoms with van der Waals surface area (Å²) in [5.74, 6) is 0.933. The highest BCUT2D eigenvalue weighted by molar-refractivity contribution is 5.27. The molecule has 0 radical (unpaired) electrons. The van der Waals surface area contributed by atoms with E-state index in [0.29, 0.717) is 6.61 Å². The summed E-state index contributed by atoms with van der Waals surface area (Å²) in [6.45, 7) is 7.54. The van der Waals surface area contributed by atoms with Crippen molar-refractivity contribution in [2.75, 3.05) is 19.7 Å². The van der Waals surface area contributed by atoms with Crippen molar-refractivity contribution in [3.05, 3.63) is 29.8 Å². The molecule has 0 amide bonds. The molecule has 3 nitrogen and oxygen atoms in total. The second-order valence-corrected chi connectivity index (χ2v) is 5.35. The number of aliphatic hydroxyl groups is 1. The molecule has 1 fully saturated rings. The first-order chi connectivity index (χ1) is 8.59. The lowest BCUT2D eigenvalue weighted by molar-refractivity contribution is -0.00730. The van der Waals surface area contributed by atoms with E-state index >= 15 is 0 Å². The number of hydrogen-bond acceptors (Lipinski definition) is 3. The van der Waals surface area contributed by atoms with E-state index in [1.807, 2.05) is 26.0 Å². The van der Waals surface area contributed by atoms with Gasteiger partial charge in [-0.15, -0.1) is 0 Å². The summed E-state index contributed by atoms with van der Waals surface area (Å²) in [6, 6.07) is 8.30. The van der Waals surface area contributed by atoms with Crippen LogP contribution in [0.3, 0.4) is 0 Å². The fraction of sp³-hybridized carbons (Fsp3) is 0.600. The Morgan fingerprint density at radius 2 is 1.83 bits per heavy atom. The van der Waals surface area contributed by atoms with Crippen molar-refractivity contribution in [1.29, 1.82) is 0 Å². The van der Waals surface area contributed by atoms with Crippen LogP contribution in [0.1, 0.15) is 32.3 Å². The molecule has 2 rings (SSSR count). The van der Waals surface area contributed by atoms with E-state index in [9.17, 15) is 5.11 Å². The molecule has 3 heteroatoms. The summed E-state index contributed by atoms with van der Waals surface area (Å²) in [7, 11) is 0. The topological polar surface area (TPSA) is 32.7 Å². The first-order valence-electron chi connectivity index (χ1n) is 6.75. The van der Waals surface area contributed by atoms with Crippen molar-refractivity contribution in [3.8, 4) is 5.75 Å². The van der Waals surface area contributed by atoms with E-state index in [2.05, 4.69) is 17.0 Å². The van der Waals surface area contributed by atoms with Gasteiger partial charge in [-0.3, -0.25) is 4.90 Å². The van der Waals surface area contributed by atoms with Gasteiger partial charge in [0.05, 0.1) is 12.2 Å². The third-order valence-corrected chi connectivity index (χ3v) is 3.57. The maximum absolute atomic E-state index is 9.91. The van der Waals surface area contributed by atoms with Gasteiger partial charge in [0.2, 0.25) is 0 Å². The van der Waals surface area contributed by atoms with Crippen molar-refractivity contribution in [3.63, 3.8) is 0 Å². The molecular weight excluding hydrogens is 226 g/mol. The molecule has 1 aromatic carbocycles. The van der Waals surface area contributed by atoms with Crippen LogP contribution >= 0.6 is 0 Å². The lowest BCUT2D eigenvalue weighted by Crippen LogP contribution is -2.41. The molecule has 100 valence electrons. The number of rotatable bonds is 4. The van der Waals surface area contributed by atoms with E-state index in [4.69, 9.17) is 4.74 Å². The standard InChI is InChI=1S/C15H23NO2/c1-3-18-14-6-4-13(5-7-14)12-16-10-8-15(2,17)9-11-16/h4-7,17H,3,8-12H2,1-2H3. The highest BCUT2D eigenvalue weighted by Gasteiger charge is 2.26. The summed E-state index contributed by atoms with van der Waals surface area (Å²) >= 11 is 0. The molecule has 0 bridgehead atoms. The summed E-state index contributed by atoms with van der Waals surface area (Å²) < 4.78 is 5.43. The Labute approximate surface area is 109 Å². The third kappa shape index (κ3) is 3.72. The molecule has 0 aromatic heterocycles. The number of nitrogens with zero attached hydrogens (tertiary/aromatic N) is 1. The van der Waals surface area contributed by atoms with Crippen LogP contribution in [-0.2, 0) is 6.54 Å². The highest BCUT2D eigenvalue weighted by atomic mass is 16.5. The summed E-state index contributed by atoms with van der Waals surface area (Å²) in [6.07, 6.45) is 1.73. The molecule has 1 saturated heterocycles. The minimum absolute atomic E-state index is 0.463. The van der Waals surface area contributed by atoms with Crippen LogP contribution in [0, 0.1) is 0 Å². The molecule has 0 unspecified atom stereocenters. The van der Waals surface area contributed by atoms with Gasteiger partial charge in [-0.2, -0.15) is 0 Å². The lowest BCUT2D eigenvalue weighted by Gasteiger charge is -2.35. The minimum Gasteiger partial charge on any atom is -0.494 e. The van der Waals surface area contributed by atoms with E-state index < -0.39 is 5.60 Å². The summed E-state index contributed by atoms with van der Waals surface area (Å²) in [5.41, 5.74) is 0.843. The highest BCUT2D eigenvalue weighted by Crippen LogP contribution is 2.22. The van der Waals surface area contributed by atoms with Crippen molar-refractivity contribution in [1.82, 2.24) is 4.90 Å². The first-order valence-corrected chi connectivity index (χ1v) is 6.75. The Morgan fingerprint density at radius 3 is 2.39 bits per heavy atom. The maximum atomic E-state index is 9.91. The van der Waals surface area contributed by atoms with Gasteiger partial charge in [-0.25, -0.2) is 0 Å². The lowest BCUT2D eigenvalue weighted by atomic mass is 9.93. The molecule has 0 aliphatic carbocycles. The quantitative estimate of drug-likeness (QED) is 0.889. The Morgan fingerprint density at radius 1 is 1.22 bits per heavy atom. The molecule has 1 N–H and O–H groups in total. The van der Waals surface area contributed by atoms with Crippen LogP contribution in [0.25, 0.3) is 0 Å². The van der Waals surface area contributed by atoms with Crippen molar-refractivity contribution in [2.24, 2.45) is 0 Å². The zero-order valence-corrected chi connectivity index (χ0v) is 11.4. The average molecular weight is 249 g/mol. The fourth-order valence-electron chi connectivity index (χ4n) is 2.31. The van der Waals surface area contributed by atoms with Crippen LogP contribution in [-0.4, -0.2) is 35.3 Å². The van der Waals surface area contributed by atoms with E-state index in [1.54, 1.807) is 0 Å². The number of ether oxygens (including phenoxy) is 1. The third-order valence-electron chi connectivity index (χ3n) is 3.57. The molecular formula is C15H23NO2. The molecule has 0 atom stereocenters. The van der Waals surface area contributed by atoms with Gasteiger partial charge in [0.1, 0.15) is 5.75 Å². The monoisotopic (exact) mass is 249 g/mol. The zero-order chi connectivity index (χ0) is 13.0.